The van der Waals surface area contributed by atoms with E-state index in [-0.39, 0.29) is 17.9 Å². The largest absolute Gasteiger partial charge is 0.493 e. The summed E-state index contributed by atoms with van der Waals surface area (Å²) in [5.74, 6) is 0.646. The van der Waals surface area contributed by atoms with E-state index in [0.29, 0.717) is 16.9 Å². The predicted octanol–water partition coefficient (Wildman–Crippen LogP) is 4.15. The van der Waals surface area contributed by atoms with Crippen LogP contribution >= 0.6 is 0 Å². The number of nitro benzene ring substituents is 1. The van der Waals surface area contributed by atoms with Crippen LogP contribution in [0.4, 0.5) is 5.69 Å². The normalized spacial score (nSPS) is 11.8. The fraction of sp³-hybridized carbons (Fsp3) is 0.200. The summed E-state index contributed by atoms with van der Waals surface area (Å²) in [5.41, 5.74) is 2.79. The highest BCUT2D eigenvalue weighted by molar-refractivity contribution is 5.62. The summed E-state index contributed by atoms with van der Waals surface area (Å²) in [4.78, 5) is 10.9. The molecule has 7 heteroatoms. The van der Waals surface area contributed by atoms with E-state index in [2.05, 4.69) is 0 Å². The Kier molecular flexibility index (Phi) is 5.42. The van der Waals surface area contributed by atoms with Gasteiger partial charge in [-0.15, -0.1) is 0 Å². The first-order chi connectivity index (χ1) is 13.0. The molecule has 0 radical (unpaired) electrons. The number of methoxy groups -OCH3 is 2. The van der Waals surface area contributed by atoms with Gasteiger partial charge in [0.15, 0.2) is 11.5 Å². The van der Waals surface area contributed by atoms with Gasteiger partial charge in [-0.2, -0.15) is 0 Å². The molecule has 0 spiro atoms. The quantitative estimate of drug-likeness (QED) is 0.497. The molecule has 0 amide bonds. The van der Waals surface area contributed by atoms with Gasteiger partial charge in [0.25, 0.3) is 5.69 Å². The third-order valence-electron chi connectivity index (χ3n) is 4.34. The molecule has 1 atom stereocenters. The van der Waals surface area contributed by atoms with Crippen molar-refractivity contribution in [2.45, 2.75) is 12.5 Å². The lowest BCUT2D eigenvalue weighted by atomic mass is 9.98. The zero-order valence-electron chi connectivity index (χ0n) is 14.9. The fourth-order valence-electron chi connectivity index (χ4n) is 2.90. The van der Waals surface area contributed by atoms with Gasteiger partial charge in [-0.05, 0) is 23.3 Å². The number of hydrogen-bond donors (Lipinski definition) is 1. The van der Waals surface area contributed by atoms with Gasteiger partial charge in [0.2, 0.25) is 0 Å². The van der Waals surface area contributed by atoms with Crippen LogP contribution in [0.1, 0.15) is 17.2 Å². The number of nitrogens with zero attached hydrogens (tertiary/aromatic N) is 1. The van der Waals surface area contributed by atoms with Crippen LogP contribution in [0.3, 0.4) is 0 Å². The molecule has 2 aromatic carbocycles. The summed E-state index contributed by atoms with van der Waals surface area (Å²) in [6.45, 7) is 0. The molecule has 0 bridgehead atoms. The van der Waals surface area contributed by atoms with Crippen molar-refractivity contribution in [2.24, 2.45) is 0 Å². The Balaban J connectivity index is 1.86. The average molecular weight is 369 g/mol. The summed E-state index contributed by atoms with van der Waals surface area (Å²) in [6.07, 6.45) is 2.40. The SMILES string of the molecule is COc1cc(CC(O)c2ccc(-c3ccoc3)cc2)c([N+](=O)[O-])cc1OC. The summed E-state index contributed by atoms with van der Waals surface area (Å²) >= 11 is 0. The maximum atomic E-state index is 11.4. The van der Waals surface area contributed by atoms with E-state index in [4.69, 9.17) is 13.9 Å². The number of aliphatic hydroxyl groups excluding tert-OH is 1. The van der Waals surface area contributed by atoms with E-state index < -0.39 is 11.0 Å². The molecule has 0 aliphatic rings. The predicted molar refractivity (Wildman–Crippen MR) is 99.0 cm³/mol. The van der Waals surface area contributed by atoms with Gasteiger partial charge in [-0.1, -0.05) is 24.3 Å². The number of aliphatic hydroxyl groups is 1. The van der Waals surface area contributed by atoms with Gasteiger partial charge in [-0.3, -0.25) is 10.1 Å². The van der Waals surface area contributed by atoms with Crippen molar-refractivity contribution in [3.05, 3.63) is 76.2 Å². The molecule has 0 saturated carbocycles. The van der Waals surface area contributed by atoms with Crippen molar-refractivity contribution in [3.63, 3.8) is 0 Å². The maximum absolute atomic E-state index is 11.4. The maximum Gasteiger partial charge on any atom is 0.276 e. The molecule has 1 unspecified atom stereocenters. The van der Waals surface area contributed by atoms with Crippen LogP contribution in [0.25, 0.3) is 11.1 Å². The van der Waals surface area contributed by atoms with Crippen LogP contribution in [-0.4, -0.2) is 24.2 Å². The van der Waals surface area contributed by atoms with Crippen LogP contribution in [0.5, 0.6) is 11.5 Å². The van der Waals surface area contributed by atoms with Crippen molar-refractivity contribution >= 4 is 5.69 Å². The van der Waals surface area contributed by atoms with Crippen molar-refractivity contribution in [1.29, 1.82) is 0 Å². The zero-order chi connectivity index (χ0) is 19.4. The average Bonchev–Trinajstić information content (AvgIpc) is 3.22. The molecule has 3 aromatic rings. The van der Waals surface area contributed by atoms with E-state index in [0.717, 1.165) is 11.1 Å². The van der Waals surface area contributed by atoms with E-state index >= 15 is 0 Å². The molecule has 0 aliphatic carbocycles. The Labute approximate surface area is 155 Å². The summed E-state index contributed by atoms with van der Waals surface area (Å²) < 4.78 is 15.4. The van der Waals surface area contributed by atoms with Crippen LogP contribution in [0.15, 0.2) is 59.4 Å². The smallest absolute Gasteiger partial charge is 0.276 e. The molecule has 0 saturated heterocycles. The van der Waals surface area contributed by atoms with E-state index in [1.807, 2.05) is 18.2 Å². The molecule has 1 heterocycles. The van der Waals surface area contributed by atoms with Crippen LogP contribution in [0, 0.1) is 10.1 Å². The minimum atomic E-state index is -0.903. The van der Waals surface area contributed by atoms with Crippen LogP contribution in [0.2, 0.25) is 0 Å². The Morgan fingerprint density at radius 1 is 1.07 bits per heavy atom. The van der Waals surface area contributed by atoms with E-state index in [1.165, 1.54) is 26.4 Å². The zero-order valence-corrected chi connectivity index (χ0v) is 14.9. The van der Waals surface area contributed by atoms with Gasteiger partial charge in [-0.25, -0.2) is 0 Å². The number of hydrogen-bond acceptors (Lipinski definition) is 6. The number of furan rings is 1. The van der Waals surface area contributed by atoms with Gasteiger partial charge >= 0.3 is 0 Å². The summed E-state index contributed by atoms with van der Waals surface area (Å²) in [5, 5.41) is 22.0. The fourth-order valence-corrected chi connectivity index (χ4v) is 2.90. The van der Waals surface area contributed by atoms with Crippen molar-refractivity contribution in [2.75, 3.05) is 14.2 Å². The Morgan fingerprint density at radius 3 is 2.30 bits per heavy atom. The van der Waals surface area contributed by atoms with Gasteiger partial charge in [0, 0.05) is 17.5 Å². The molecule has 140 valence electrons. The monoisotopic (exact) mass is 369 g/mol. The highest BCUT2D eigenvalue weighted by atomic mass is 16.6. The lowest BCUT2D eigenvalue weighted by Crippen LogP contribution is -2.05. The molecular weight excluding hydrogens is 350 g/mol. The molecule has 1 aromatic heterocycles. The molecule has 7 nitrogen and oxygen atoms in total. The lowest BCUT2D eigenvalue weighted by Gasteiger charge is -2.14. The van der Waals surface area contributed by atoms with Gasteiger partial charge in [0.1, 0.15) is 0 Å². The second kappa shape index (κ2) is 7.92. The standard InChI is InChI=1S/C20H19NO6/c1-25-19-10-16(17(21(23)24)11-20(19)26-2)9-18(22)14-5-3-13(4-6-14)15-7-8-27-12-15/h3-8,10-12,18,22H,9H2,1-2H3. The summed E-state index contributed by atoms with van der Waals surface area (Å²) in [7, 11) is 2.87. The molecule has 27 heavy (non-hydrogen) atoms. The number of rotatable bonds is 7. The van der Waals surface area contributed by atoms with E-state index in [9.17, 15) is 15.2 Å². The topological polar surface area (TPSA) is 95.0 Å². The minimum absolute atomic E-state index is 0.0712. The third-order valence-corrected chi connectivity index (χ3v) is 4.34. The Hall–Kier alpha value is -3.32. The van der Waals surface area contributed by atoms with Crippen molar-refractivity contribution in [1.82, 2.24) is 0 Å². The van der Waals surface area contributed by atoms with Crippen molar-refractivity contribution in [3.8, 4) is 22.6 Å². The highest BCUT2D eigenvalue weighted by Gasteiger charge is 2.22. The number of benzene rings is 2. The third kappa shape index (κ3) is 3.93. The number of ether oxygens (including phenoxy) is 2. The summed E-state index contributed by atoms with van der Waals surface area (Å²) in [6, 6.07) is 12.0. The van der Waals surface area contributed by atoms with Crippen molar-refractivity contribution < 1.29 is 23.9 Å². The van der Waals surface area contributed by atoms with Gasteiger partial charge < -0.3 is 19.0 Å². The van der Waals surface area contributed by atoms with E-state index in [1.54, 1.807) is 24.7 Å². The highest BCUT2D eigenvalue weighted by Crippen LogP contribution is 2.36. The molecule has 1 N–H and O–H groups in total. The second-order valence-electron chi connectivity index (χ2n) is 5.95. The van der Waals surface area contributed by atoms with Gasteiger partial charge in [0.05, 0.1) is 43.8 Å². The molecule has 0 aliphatic heterocycles. The molecule has 0 fully saturated rings. The first-order valence-electron chi connectivity index (χ1n) is 8.23. The number of nitro groups is 1. The Morgan fingerprint density at radius 2 is 1.74 bits per heavy atom. The first kappa shape index (κ1) is 18.5. The van der Waals surface area contributed by atoms with Crippen LogP contribution in [-0.2, 0) is 6.42 Å². The van der Waals surface area contributed by atoms with Crippen LogP contribution < -0.4 is 9.47 Å². The molecular formula is C20H19NO6. The lowest BCUT2D eigenvalue weighted by molar-refractivity contribution is -0.385. The molecule has 3 rings (SSSR count). The minimum Gasteiger partial charge on any atom is -0.493 e. The first-order valence-corrected chi connectivity index (χ1v) is 8.23. The second-order valence-corrected chi connectivity index (χ2v) is 5.95. The Bertz CT molecular complexity index is 918.